The lowest BCUT2D eigenvalue weighted by molar-refractivity contribution is -0.161. The first kappa shape index (κ1) is 26.7. The highest BCUT2D eigenvalue weighted by Crippen LogP contribution is 2.32. The number of sulfonamides is 1. The molecule has 2 N–H and O–H groups in total. The van der Waals surface area contributed by atoms with E-state index in [2.05, 4.69) is 0 Å². The average Bonchev–Trinajstić information content (AvgIpc) is 2.75. The number of benzene rings is 2. The summed E-state index contributed by atoms with van der Waals surface area (Å²) in [4.78, 5) is 35.5. The highest BCUT2D eigenvalue weighted by atomic mass is 32.2. The molecule has 0 aliphatic heterocycles. The maximum absolute atomic E-state index is 13.4. The van der Waals surface area contributed by atoms with E-state index < -0.39 is 56.6 Å². The molecular formula is C22H24FNO9S. The molecule has 0 fully saturated rings. The summed E-state index contributed by atoms with van der Waals surface area (Å²) in [6, 6.07) is 7.73. The van der Waals surface area contributed by atoms with Gasteiger partial charge >= 0.3 is 17.9 Å². The second kappa shape index (κ2) is 10.6. The van der Waals surface area contributed by atoms with Crippen LogP contribution in [0.15, 0.2) is 53.4 Å². The highest BCUT2D eigenvalue weighted by molar-refractivity contribution is 7.89. The summed E-state index contributed by atoms with van der Waals surface area (Å²) in [6.45, 7) is 2.45. The second-order valence-electron chi connectivity index (χ2n) is 7.65. The van der Waals surface area contributed by atoms with Crippen LogP contribution < -0.4 is 4.74 Å². The Balaban J connectivity index is 2.47. The molecule has 0 aliphatic rings. The Labute approximate surface area is 195 Å². The van der Waals surface area contributed by atoms with Gasteiger partial charge in [0.2, 0.25) is 10.0 Å². The third kappa shape index (κ3) is 6.08. The number of aliphatic carboxylic acids is 2. The van der Waals surface area contributed by atoms with Gasteiger partial charge in [0.25, 0.3) is 0 Å². The van der Waals surface area contributed by atoms with Gasteiger partial charge in [0.05, 0.1) is 16.9 Å². The summed E-state index contributed by atoms with van der Waals surface area (Å²) in [5, 5.41) is 19.3. The van der Waals surface area contributed by atoms with Gasteiger partial charge in [-0.1, -0.05) is 0 Å². The quantitative estimate of drug-likeness (QED) is 0.447. The summed E-state index contributed by atoms with van der Waals surface area (Å²) in [5.41, 5.74) is -2.10. The molecule has 0 unspecified atom stereocenters. The molecule has 184 valence electrons. The maximum atomic E-state index is 13.4. The summed E-state index contributed by atoms with van der Waals surface area (Å²) in [5.74, 6) is -4.36. The van der Waals surface area contributed by atoms with Gasteiger partial charge in [0.15, 0.2) is 0 Å². The molecular weight excluding hydrogens is 473 g/mol. The van der Waals surface area contributed by atoms with Crippen molar-refractivity contribution in [2.75, 3.05) is 13.2 Å². The Bertz CT molecular complexity index is 1150. The third-order valence-corrected chi connectivity index (χ3v) is 6.65. The molecule has 0 heterocycles. The number of nitrogens with zero attached hydrogens (tertiary/aromatic N) is 1. The minimum absolute atomic E-state index is 0.0950. The lowest BCUT2D eigenvalue weighted by Gasteiger charge is -2.35. The number of halogens is 1. The number of carbonyl (C=O) groups is 3. The number of hydrogen-bond acceptors (Lipinski definition) is 7. The van der Waals surface area contributed by atoms with Crippen molar-refractivity contribution in [2.45, 2.75) is 31.7 Å². The van der Waals surface area contributed by atoms with Gasteiger partial charge in [-0.05, 0) is 69.3 Å². The molecule has 0 aliphatic carbocycles. The second-order valence-corrected chi connectivity index (χ2v) is 9.54. The van der Waals surface area contributed by atoms with Crippen molar-refractivity contribution in [1.29, 1.82) is 0 Å². The van der Waals surface area contributed by atoms with Crippen LogP contribution in [0.2, 0.25) is 0 Å². The largest absolute Gasteiger partial charge is 0.481 e. The van der Waals surface area contributed by atoms with E-state index in [9.17, 15) is 37.4 Å². The normalized spacial score (nSPS) is 12.7. The van der Waals surface area contributed by atoms with Crippen LogP contribution in [-0.2, 0) is 29.1 Å². The molecule has 0 aromatic heterocycles. The van der Waals surface area contributed by atoms with Crippen LogP contribution in [0.25, 0.3) is 0 Å². The van der Waals surface area contributed by atoms with Gasteiger partial charge in [0.1, 0.15) is 29.9 Å². The summed E-state index contributed by atoms with van der Waals surface area (Å²) < 4.78 is 50.4. The van der Waals surface area contributed by atoms with Crippen molar-refractivity contribution < 1.29 is 46.9 Å². The first-order valence-electron chi connectivity index (χ1n) is 9.97. The number of carboxylic acid groups (broad SMARTS) is 2. The minimum atomic E-state index is -4.69. The van der Waals surface area contributed by atoms with Gasteiger partial charge in [-0.3, -0.25) is 14.4 Å². The van der Waals surface area contributed by atoms with Crippen molar-refractivity contribution in [3.05, 3.63) is 54.3 Å². The summed E-state index contributed by atoms with van der Waals surface area (Å²) in [6.07, 6.45) is 0. The smallest absolute Gasteiger partial charge is 0.323 e. The first-order chi connectivity index (χ1) is 15.8. The fourth-order valence-electron chi connectivity index (χ4n) is 3.01. The van der Waals surface area contributed by atoms with E-state index in [1.54, 1.807) is 0 Å². The van der Waals surface area contributed by atoms with Crippen molar-refractivity contribution in [1.82, 2.24) is 4.31 Å². The van der Waals surface area contributed by atoms with Gasteiger partial charge in [-0.15, -0.1) is 0 Å². The molecule has 0 bridgehead atoms. The van der Waals surface area contributed by atoms with Crippen LogP contribution in [-0.4, -0.2) is 60.0 Å². The van der Waals surface area contributed by atoms with Crippen molar-refractivity contribution >= 4 is 27.9 Å². The maximum Gasteiger partial charge on any atom is 0.323 e. The predicted molar refractivity (Wildman–Crippen MR) is 116 cm³/mol. The molecule has 0 amide bonds. The SMILES string of the molecule is CCOC(=O)CN([C@H](C(=O)O)C(C)(C)C(=O)O)S(=O)(=O)c1ccc(Oc2ccc(F)cc2)cc1. The molecule has 0 spiro atoms. The zero-order valence-corrected chi connectivity index (χ0v) is 19.4. The predicted octanol–water partition coefficient (Wildman–Crippen LogP) is 2.74. The van der Waals surface area contributed by atoms with Crippen molar-refractivity contribution in [3.63, 3.8) is 0 Å². The topological polar surface area (TPSA) is 148 Å². The fraction of sp³-hybridized carbons (Fsp3) is 0.318. The molecule has 12 heteroatoms. The van der Waals surface area contributed by atoms with E-state index in [0.717, 1.165) is 26.0 Å². The number of hydrogen-bond donors (Lipinski definition) is 2. The molecule has 2 rings (SSSR count). The number of carboxylic acids is 2. The average molecular weight is 497 g/mol. The third-order valence-electron chi connectivity index (χ3n) is 4.83. The fourth-order valence-corrected chi connectivity index (χ4v) is 4.67. The highest BCUT2D eigenvalue weighted by Gasteiger charge is 2.50. The minimum Gasteiger partial charge on any atom is -0.481 e. The van der Waals surface area contributed by atoms with E-state index >= 15 is 0 Å². The Morgan fingerprint density at radius 3 is 1.94 bits per heavy atom. The van der Waals surface area contributed by atoms with E-state index in [0.29, 0.717) is 4.31 Å². The van der Waals surface area contributed by atoms with Gasteiger partial charge in [0, 0.05) is 0 Å². The lowest BCUT2D eigenvalue weighted by Crippen LogP contribution is -2.57. The van der Waals surface area contributed by atoms with Crippen LogP contribution in [0, 0.1) is 11.2 Å². The molecule has 2 aromatic rings. The number of ether oxygens (including phenoxy) is 2. The molecule has 0 saturated heterocycles. The van der Waals surface area contributed by atoms with E-state index in [-0.39, 0.29) is 18.1 Å². The van der Waals surface area contributed by atoms with Gasteiger partial charge < -0.3 is 19.7 Å². The van der Waals surface area contributed by atoms with Crippen molar-refractivity contribution in [2.24, 2.45) is 5.41 Å². The standard InChI is InChI=1S/C22H24FNO9S/c1-4-32-18(25)13-24(19(20(26)27)22(2,3)21(28)29)34(30,31)17-11-9-16(10-12-17)33-15-7-5-14(23)6-8-15/h5-12,19H,4,13H2,1-3H3,(H,26,27)(H,28,29)/t19-/m1/s1. The zero-order valence-electron chi connectivity index (χ0n) is 18.6. The Hall–Kier alpha value is -3.51. The van der Waals surface area contributed by atoms with Gasteiger partial charge in [-0.25, -0.2) is 12.8 Å². The Morgan fingerprint density at radius 2 is 1.50 bits per heavy atom. The first-order valence-corrected chi connectivity index (χ1v) is 11.4. The van der Waals surface area contributed by atoms with Crippen LogP contribution in [0.5, 0.6) is 11.5 Å². The van der Waals surface area contributed by atoms with E-state index in [1.165, 1.54) is 43.3 Å². The Kier molecular flexibility index (Phi) is 8.35. The lowest BCUT2D eigenvalue weighted by atomic mass is 9.84. The molecule has 1 atom stereocenters. The van der Waals surface area contributed by atoms with E-state index in [1.807, 2.05) is 0 Å². The van der Waals surface area contributed by atoms with E-state index in [4.69, 9.17) is 9.47 Å². The van der Waals surface area contributed by atoms with Crippen LogP contribution >= 0.6 is 0 Å². The Morgan fingerprint density at radius 1 is 1.00 bits per heavy atom. The monoisotopic (exact) mass is 497 g/mol. The number of esters is 1. The molecule has 10 nitrogen and oxygen atoms in total. The van der Waals surface area contributed by atoms with Crippen LogP contribution in [0.1, 0.15) is 20.8 Å². The zero-order chi connectivity index (χ0) is 25.7. The molecule has 34 heavy (non-hydrogen) atoms. The number of carbonyl (C=O) groups excluding carboxylic acids is 1. The van der Waals surface area contributed by atoms with Crippen molar-refractivity contribution in [3.8, 4) is 11.5 Å². The number of rotatable bonds is 11. The molecule has 2 aromatic carbocycles. The molecule has 0 radical (unpaired) electrons. The summed E-state index contributed by atoms with van der Waals surface area (Å²) >= 11 is 0. The van der Waals surface area contributed by atoms with Gasteiger partial charge in [-0.2, -0.15) is 4.31 Å². The molecule has 0 saturated carbocycles. The van der Waals surface area contributed by atoms with Crippen LogP contribution in [0.3, 0.4) is 0 Å². The summed E-state index contributed by atoms with van der Waals surface area (Å²) in [7, 11) is -4.69. The van der Waals surface area contributed by atoms with Crippen LogP contribution in [0.4, 0.5) is 4.39 Å².